The molecule has 0 aliphatic rings. The molecular formula is C23H30N4O7S. The Morgan fingerprint density at radius 1 is 0.943 bits per heavy atom. The quantitative estimate of drug-likeness (QED) is 0.240. The Morgan fingerprint density at radius 2 is 1.54 bits per heavy atom. The molecule has 2 aromatic carbocycles. The number of nitrogens with zero attached hydrogens (tertiary/aromatic N) is 1. The van der Waals surface area contributed by atoms with E-state index >= 15 is 0 Å². The minimum absolute atomic E-state index is 0.0545. The highest BCUT2D eigenvalue weighted by Crippen LogP contribution is 2.15. The molecule has 0 atom stereocenters. The monoisotopic (exact) mass is 506 g/mol. The molecule has 12 heteroatoms. The Morgan fingerprint density at radius 3 is 2.11 bits per heavy atom. The number of benzene rings is 2. The number of alkyl carbamates (subject to hydrolysis) is 1. The van der Waals surface area contributed by atoms with Gasteiger partial charge in [-0.15, -0.1) is 0 Å². The minimum atomic E-state index is -3.77. The third-order valence-electron chi connectivity index (χ3n) is 4.59. The lowest BCUT2D eigenvalue weighted by Crippen LogP contribution is -2.32. The van der Waals surface area contributed by atoms with Gasteiger partial charge in [-0.05, 0) is 63.4 Å². The van der Waals surface area contributed by atoms with Gasteiger partial charge in [0.25, 0.3) is 11.6 Å². The number of nitrogens with one attached hydrogen (secondary N) is 3. The van der Waals surface area contributed by atoms with Crippen molar-refractivity contribution < 1.29 is 27.7 Å². The van der Waals surface area contributed by atoms with E-state index in [2.05, 4.69) is 15.4 Å². The molecule has 0 saturated carbocycles. The van der Waals surface area contributed by atoms with E-state index in [4.69, 9.17) is 4.74 Å². The molecule has 2 aromatic rings. The van der Waals surface area contributed by atoms with Gasteiger partial charge in [-0.25, -0.2) is 17.9 Å². The minimum Gasteiger partial charge on any atom is -0.444 e. The number of hydrogen-bond donors (Lipinski definition) is 3. The second-order valence-corrected chi connectivity index (χ2v) is 10.4. The fourth-order valence-corrected chi connectivity index (χ4v) is 3.93. The van der Waals surface area contributed by atoms with Crippen LogP contribution >= 0.6 is 0 Å². The molecule has 0 fully saturated rings. The highest BCUT2D eigenvalue weighted by atomic mass is 32.2. The van der Waals surface area contributed by atoms with Gasteiger partial charge in [0.2, 0.25) is 10.0 Å². The Hall–Kier alpha value is -3.51. The maximum Gasteiger partial charge on any atom is 0.407 e. The van der Waals surface area contributed by atoms with Crippen molar-refractivity contribution in [2.75, 3.05) is 13.1 Å². The second-order valence-electron chi connectivity index (χ2n) is 8.66. The third-order valence-corrected chi connectivity index (χ3v) is 6.07. The molecule has 11 nitrogen and oxygen atoms in total. The smallest absolute Gasteiger partial charge is 0.407 e. The number of rotatable bonds is 11. The summed E-state index contributed by atoms with van der Waals surface area (Å²) in [5, 5.41) is 16.1. The zero-order valence-corrected chi connectivity index (χ0v) is 20.7. The average molecular weight is 507 g/mol. The van der Waals surface area contributed by atoms with Gasteiger partial charge in [-0.1, -0.05) is 12.1 Å². The Kier molecular flexibility index (Phi) is 9.72. The molecule has 0 radical (unpaired) electrons. The van der Waals surface area contributed by atoms with E-state index in [9.17, 15) is 28.1 Å². The largest absolute Gasteiger partial charge is 0.444 e. The van der Waals surface area contributed by atoms with Crippen LogP contribution in [0.4, 0.5) is 10.5 Å². The summed E-state index contributed by atoms with van der Waals surface area (Å²) in [6.07, 6.45) is 0.517. The van der Waals surface area contributed by atoms with Crippen molar-refractivity contribution in [2.45, 2.75) is 50.7 Å². The number of ether oxygens (including phenoxy) is 1. The Labute approximate surface area is 204 Å². The maximum atomic E-state index is 12.3. The third kappa shape index (κ3) is 9.71. The Bertz CT molecular complexity index is 1130. The highest BCUT2D eigenvalue weighted by molar-refractivity contribution is 7.89. The maximum absolute atomic E-state index is 12.3. The number of carbonyl (C=O) groups excluding carboxylic acids is 2. The topological polar surface area (TPSA) is 157 Å². The van der Waals surface area contributed by atoms with Crippen LogP contribution in [0.3, 0.4) is 0 Å². The first kappa shape index (κ1) is 27.7. The van der Waals surface area contributed by atoms with Crippen LogP contribution in [0.1, 0.15) is 49.5 Å². The van der Waals surface area contributed by atoms with Crippen LogP contribution in [0.2, 0.25) is 0 Å². The summed E-state index contributed by atoms with van der Waals surface area (Å²) >= 11 is 0. The molecule has 2 amide bonds. The van der Waals surface area contributed by atoms with Crippen molar-refractivity contribution in [1.29, 1.82) is 0 Å². The van der Waals surface area contributed by atoms with Gasteiger partial charge in [0.05, 0.1) is 9.82 Å². The first-order chi connectivity index (χ1) is 16.4. The molecule has 0 aliphatic heterocycles. The summed E-state index contributed by atoms with van der Waals surface area (Å²) in [5.74, 6) is -0.261. The zero-order chi connectivity index (χ0) is 26.1. The molecule has 0 aromatic heterocycles. The number of hydrogen-bond acceptors (Lipinski definition) is 7. The first-order valence-corrected chi connectivity index (χ1v) is 12.4. The number of nitro groups is 1. The predicted octanol–water partition coefficient (Wildman–Crippen LogP) is 3.11. The number of unbranched alkanes of at least 4 members (excludes halogenated alkanes) is 1. The molecule has 190 valence electrons. The SMILES string of the molecule is CC(C)(C)OC(=O)NCc1ccc(C(=O)NCCCCNS(=O)(=O)c2ccc([N+](=O)[O-])cc2)cc1. The predicted molar refractivity (Wildman–Crippen MR) is 129 cm³/mol. The first-order valence-electron chi connectivity index (χ1n) is 11.0. The van der Waals surface area contributed by atoms with Gasteiger partial charge in [0, 0.05) is 37.3 Å². The average Bonchev–Trinajstić information content (AvgIpc) is 2.79. The number of amides is 2. The standard InChI is InChI=1S/C23H30N4O7S/c1-23(2,3)34-22(29)25-16-17-6-8-18(9-7-17)21(28)24-14-4-5-15-26-35(32,33)20-12-10-19(11-13-20)27(30)31/h6-13,26H,4-5,14-16H2,1-3H3,(H,24,28)(H,25,29). The fourth-order valence-electron chi connectivity index (χ4n) is 2.85. The molecule has 0 spiro atoms. The van der Waals surface area contributed by atoms with Crippen molar-refractivity contribution in [3.8, 4) is 0 Å². The molecule has 0 bridgehead atoms. The number of sulfonamides is 1. The van der Waals surface area contributed by atoms with E-state index in [1.165, 1.54) is 12.1 Å². The molecule has 0 aliphatic carbocycles. The van der Waals surface area contributed by atoms with Gasteiger partial charge in [0.15, 0.2) is 0 Å². The van der Waals surface area contributed by atoms with Crippen LogP contribution in [0.5, 0.6) is 0 Å². The summed E-state index contributed by atoms with van der Waals surface area (Å²) in [6, 6.07) is 11.4. The lowest BCUT2D eigenvalue weighted by molar-refractivity contribution is -0.384. The van der Waals surface area contributed by atoms with Crippen LogP contribution in [-0.4, -0.2) is 44.0 Å². The van der Waals surface area contributed by atoms with Crippen LogP contribution in [0.15, 0.2) is 53.4 Å². The molecular weight excluding hydrogens is 476 g/mol. The van der Waals surface area contributed by atoms with E-state index in [1.807, 2.05) is 0 Å². The van der Waals surface area contributed by atoms with Gasteiger partial charge in [-0.3, -0.25) is 14.9 Å². The van der Waals surface area contributed by atoms with Crippen molar-refractivity contribution in [1.82, 2.24) is 15.4 Å². The summed E-state index contributed by atoms with van der Waals surface area (Å²) in [6.45, 7) is 6.13. The normalized spacial score (nSPS) is 11.5. The van der Waals surface area contributed by atoms with E-state index in [0.29, 0.717) is 24.9 Å². The Balaban J connectivity index is 1.68. The number of non-ortho nitro benzene ring substituents is 1. The summed E-state index contributed by atoms with van der Waals surface area (Å²) in [4.78, 5) is 34.0. The summed E-state index contributed by atoms with van der Waals surface area (Å²) in [5.41, 5.74) is 0.508. The fraction of sp³-hybridized carbons (Fsp3) is 0.391. The van der Waals surface area contributed by atoms with Gasteiger partial charge < -0.3 is 15.4 Å². The zero-order valence-electron chi connectivity index (χ0n) is 19.9. The van der Waals surface area contributed by atoms with Crippen LogP contribution < -0.4 is 15.4 Å². The van der Waals surface area contributed by atoms with Crippen molar-refractivity contribution in [3.63, 3.8) is 0 Å². The second kappa shape index (κ2) is 12.3. The number of carbonyl (C=O) groups is 2. The van der Waals surface area contributed by atoms with E-state index < -0.39 is 26.6 Å². The van der Waals surface area contributed by atoms with E-state index in [0.717, 1.165) is 17.7 Å². The number of nitro benzene ring substituents is 1. The molecule has 35 heavy (non-hydrogen) atoms. The van der Waals surface area contributed by atoms with Crippen LogP contribution in [0, 0.1) is 10.1 Å². The molecule has 0 unspecified atom stereocenters. The molecule has 3 N–H and O–H groups in total. The van der Waals surface area contributed by atoms with Crippen molar-refractivity contribution >= 4 is 27.7 Å². The van der Waals surface area contributed by atoms with Gasteiger partial charge >= 0.3 is 6.09 Å². The summed E-state index contributed by atoms with van der Waals surface area (Å²) in [7, 11) is -3.77. The lowest BCUT2D eigenvalue weighted by atomic mass is 10.1. The van der Waals surface area contributed by atoms with E-state index in [-0.39, 0.29) is 29.6 Å². The van der Waals surface area contributed by atoms with Gasteiger partial charge in [0.1, 0.15) is 5.60 Å². The van der Waals surface area contributed by atoms with Gasteiger partial charge in [-0.2, -0.15) is 0 Å². The molecule has 2 rings (SSSR count). The van der Waals surface area contributed by atoms with Crippen LogP contribution in [0.25, 0.3) is 0 Å². The van der Waals surface area contributed by atoms with Crippen molar-refractivity contribution in [3.05, 3.63) is 69.8 Å². The summed E-state index contributed by atoms with van der Waals surface area (Å²) < 4.78 is 32.1. The van der Waals surface area contributed by atoms with Crippen LogP contribution in [-0.2, 0) is 21.3 Å². The lowest BCUT2D eigenvalue weighted by Gasteiger charge is -2.19. The highest BCUT2D eigenvalue weighted by Gasteiger charge is 2.16. The van der Waals surface area contributed by atoms with Crippen molar-refractivity contribution in [2.24, 2.45) is 0 Å². The molecule has 0 saturated heterocycles. The molecule has 0 heterocycles. The van der Waals surface area contributed by atoms with E-state index in [1.54, 1.807) is 45.0 Å².